The summed E-state index contributed by atoms with van der Waals surface area (Å²) in [6, 6.07) is 24.7. The second-order valence-corrected chi connectivity index (χ2v) is 13.9. The number of carboxylic acids is 1. The van der Waals surface area contributed by atoms with Gasteiger partial charge in [-0.2, -0.15) is 0 Å². The van der Waals surface area contributed by atoms with E-state index in [0.29, 0.717) is 54.1 Å². The number of benzene rings is 3. The highest BCUT2D eigenvalue weighted by atomic mass is 79.9. The Hall–Kier alpha value is -4.13. The number of halogens is 1. The van der Waals surface area contributed by atoms with E-state index in [1.54, 1.807) is 6.07 Å². The summed E-state index contributed by atoms with van der Waals surface area (Å²) in [5.41, 5.74) is 2.57. The van der Waals surface area contributed by atoms with Crippen molar-refractivity contribution in [2.45, 2.75) is 11.3 Å². The summed E-state index contributed by atoms with van der Waals surface area (Å²) in [7, 11) is -4.10. The molecule has 1 N–H and O–H groups in total. The number of para-hydroxylation sites is 2. The Bertz CT molecular complexity index is 1930. The maximum absolute atomic E-state index is 14.4. The first-order valence-corrected chi connectivity index (χ1v) is 17.0. The van der Waals surface area contributed by atoms with Crippen molar-refractivity contribution in [1.82, 2.24) is 4.90 Å². The average molecular weight is 695 g/mol. The standard InChI is InChI=1S/C32H28BrN3O6S2/c33-25-13-19-43-30(25)31(37)35-17-15-34(16-18-35)26-8-4-5-9-27(26)36(14-12-22-6-2-1-3-7-22)44(40,41)24-10-11-28-23(20-24)21-29(42-28)32(38)39/h1-11,13,19-21H,12,14-18H2,(H,38,39). The fraction of sp³-hybridized carbons (Fsp3) is 0.188. The molecule has 0 spiro atoms. The molecule has 1 fully saturated rings. The quantitative estimate of drug-likeness (QED) is 0.191. The summed E-state index contributed by atoms with van der Waals surface area (Å²) in [6.07, 6.45) is 0.476. The van der Waals surface area contributed by atoms with Gasteiger partial charge in [0.25, 0.3) is 15.9 Å². The number of furan rings is 1. The number of carbonyl (C=O) groups is 2. The number of thiophene rings is 1. The molecule has 1 aliphatic rings. The molecule has 1 aliphatic heterocycles. The van der Waals surface area contributed by atoms with Crippen LogP contribution < -0.4 is 9.21 Å². The van der Waals surface area contributed by atoms with Crippen LogP contribution in [0.15, 0.2) is 104 Å². The van der Waals surface area contributed by atoms with Crippen molar-refractivity contribution in [3.63, 3.8) is 0 Å². The Morgan fingerprint density at radius 3 is 2.36 bits per heavy atom. The second-order valence-electron chi connectivity index (χ2n) is 10.3. The van der Waals surface area contributed by atoms with Gasteiger partial charge < -0.3 is 19.3 Å². The zero-order valence-electron chi connectivity index (χ0n) is 23.4. The number of piperazine rings is 1. The Kier molecular flexibility index (Phi) is 8.48. The Morgan fingerprint density at radius 2 is 1.66 bits per heavy atom. The van der Waals surface area contributed by atoms with Crippen LogP contribution in [0.1, 0.15) is 25.8 Å². The number of carboxylic acid groups (broad SMARTS) is 1. The third-order valence-corrected chi connectivity index (χ3v) is 11.2. The number of hydrogen-bond donors (Lipinski definition) is 1. The Labute approximate surface area is 267 Å². The van der Waals surface area contributed by atoms with Crippen LogP contribution in [-0.4, -0.2) is 63.0 Å². The molecule has 5 aromatic rings. The fourth-order valence-electron chi connectivity index (χ4n) is 5.34. The lowest BCUT2D eigenvalue weighted by molar-refractivity contribution is 0.0664. The number of rotatable bonds is 9. The molecule has 226 valence electrons. The lowest BCUT2D eigenvalue weighted by atomic mass is 10.1. The van der Waals surface area contributed by atoms with Crippen molar-refractivity contribution in [3.05, 3.63) is 111 Å². The minimum atomic E-state index is -4.10. The van der Waals surface area contributed by atoms with E-state index in [0.717, 1.165) is 15.7 Å². The Morgan fingerprint density at radius 1 is 0.932 bits per heavy atom. The van der Waals surface area contributed by atoms with Gasteiger partial charge >= 0.3 is 5.97 Å². The number of hydrogen-bond acceptors (Lipinski definition) is 7. The van der Waals surface area contributed by atoms with Gasteiger partial charge in [0.05, 0.1) is 16.3 Å². The van der Waals surface area contributed by atoms with Crippen LogP contribution in [0.2, 0.25) is 0 Å². The molecule has 0 bridgehead atoms. The molecular weight excluding hydrogens is 666 g/mol. The number of aromatic carboxylic acids is 1. The normalized spacial score (nSPS) is 13.8. The highest BCUT2D eigenvalue weighted by Gasteiger charge is 2.31. The van der Waals surface area contributed by atoms with Crippen LogP contribution >= 0.6 is 27.3 Å². The lowest BCUT2D eigenvalue weighted by Crippen LogP contribution is -2.49. The van der Waals surface area contributed by atoms with E-state index in [4.69, 9.17) is 4.42 Å². The zero-order chi connectivity index (χ0) is 30.8. The molecule has 3 heterocycles. The average Bonchev–Trinajstić information content (AvgIpc) is 3.67. The molecule has 2 aromatic heterocycles. The molecule has 44 heavy (non-hydrogen) atoms. The zero-order valence-corrected chi connectivity index (χ0v) is 26.6. The van der Waals surface area contributed by atoms with Gasteiger partial charge in [-0.3, -0.25) is 9.10 Å². The van der Waals surface area contributed by atoms with Crippen molar-refractivity contribution in [3.8, 4) is 0 Å². The largest absolute Gasteiger partial charge is 0.475 e. The third-order valence-electron chi connectivity index (χ3n) is 7.60. The fourth-order valence-corrected chi connectivity index (χ4v) is 8.37. The first-order valence-electron chi connectivity index (χ1n) is 13.9. The SMILES string of the molecule is O=C(O)c1cc2cc(S(=O)(=O)N(CCc3ccccc3)c3ccccc3N3CCN(C(=O)c4sccc4Br)CC3)ccc2o1. The number of anilines is 2. The van der Waals surface area contributed by atoms with Gasteiger partial charge in [-0.25, -0.2) is 13.2 Å². The smallest absolute Gasteiger partial charge is 0.371 e. The minimum absolute atomic E-state index is 0.0208. The predicted molar refractivity (Wildman–Crippen MR) is 174 cm³/mol. The van der Waals surface area contributed by atoms with Gasteiger partial charge in [0.1, 0.15) is 10.5 Å². The van der Waals surface area contributed by atoms with Gasteiger partial charge in [-0.1, -0.05) is 42.5 Å². The molecule has 1 saturated heterocycles. The van der Waals surface area contributed by atoms with E-state index in [2.05, 4.69) is 20.8 Å². The van der Waals surface area contributed by atoms with Crippen LogP contribution in [0, 0.1) is 0 Å². The first kappa shape index (κ1) is 29.9. The van der Waals surface area contributed by atoms with Crippen molar-refractivity contribution in [2.24, 2.45) is 0 Å². The summed E-state index contributed by atoms with van der Waals surface area (Å²) in [5, 5.41) is 11.6. The van der Waals surface area contributed by atoms with E-state index in [1.165, 1.54) is 39.9 Å². The molecule has 0 radical (unpaired) electrons. The molecule has 0 atom stereocenters. The van der Waals surface area contributed by atoms with Crippen LogP contribution in [0.4, 0.5) is 11.4 Å². The van der Waals surface area contributed by atoms with Gasteiger partial charge in [-0.15, -0.1) is 11.3 Å². The number of nitrogens with zero attached hydrogens (tertiary/aromatic N) is 3. The van der Waals surface area contributed by atoms with Crippen LogP contribution in [0.25, 0.3) is 11.0 Å². The number of sulfonamides is 1. The van der Waals surface area contributed by atoms with E-state index in [-0.39, 0.29) is 23.1 Å². The van der Waals surface area contributed by atoms with Crippen LogP contribution in [0.3, 0.4) is 0 Å². The molecule has 9 nitrogen and oxygen atoms in total. The van der Waals surface area contributed by atoms with E-state index >= 15 is 0 Å². The molecule has 0 saturated carbocycles. The molecule has 0 aliphatic carbocycles. The van der Waals surface area contributed by atoms with Crippen LogP contribution in [0.5, 0.6) is 0 Å². The minimum Gasteiger partial charge on any atom is -0.475 e. The van der Waals surface area contributed by atoms with Crippen molar-refractivity contribution >= 4 is 71.5 Å². The molecule has 0 unspecified atom stereocenters. The maximum atomic E-state index is 14.4. The molecule has 3 aromatic carbocycles. The van der Waals surface area contributed by atoms with Gasteiger partial charge in [0.2, 0.25) is 5.76 Å². The van der Waals surface area contributed by atoms with Gasteiger partial charge in [0, 0.05) is 42.6 Å². The molecule has 1 amide bonds. The number of amides is 1. The van der Waals surface area contributed by atoms with Crippen molar-refractivity contribution < 1.29 is 27.5 Å². The van der Waals surface area contributed by atoms with Crippen molar-refractivity contribution in [2.75, 3.05) is 41.9 Å². The Balaban J connectivity index is 1.33. The van der Waals surface area contributed by atoms with Gasteiger partial charge in [-0.05, 0) is 75.8 Å². The summed E-state index contributed by atoms with van der Waals surface area (Å²) in [5.74, 6) is -1.51. The summed E-state index contributed by atoms with van der Waals surface area (Å²) in [4.78, 5) is 29.2. The monoisotopic (exact) mass is 693 g/mol. The molecule has 6 rings (SSSR count). The topological polar surface area (TPSA) is 111 Å². The highest BCUT2D eigenvalue weighted by molar-refractivity contribution is 9.10. The number of fused-ring (bicyclic) bond motifs is 1. The first-order chi connectivity index (χ1) is 21.2. The second kappa shape index (κ2) is 12.5. The molecular formula is C32H28BrN3O6S2. The van der Waals surface area contributed by atoms with Crippen molar-refractivity contribution in [1.29, 1.82) is 0 Å². The maximum Gasteiger partial charge on any atom is 0.371 e. The van der Waals surface area contributed by atoms with E-state index in [9.17, 15) is 23.1 Å². The third kappa shape index (κ3) is 5.97. The van der Waals surface area contributed by atoms with E-state index in [1.807, 2.05) is 64.9 Å². The van der Waals surface area contributed by atoms with Crippen LogP contribution in [-0.2, 0) is 16.4 Å². The summed E-state index contributed by atoms with van der Waals surface area (Å²) < 4.78 is 36.3. The predicted octanol–water partition coefficient (Wildman–Crippen LogP) is 6.36. The van der Waals surface area contributed by atoms with Gasteiger partial charge in [0.15, 0.2) is 0 Å². The highest BCUT2D eigenvalue weighted by Crippen LogP contribution is 2.35. The lowest BCUT2D eigenvalue weighted by Gasteiger charge is -2.38. The van der Waals surface area contributed by atoms with E-state index < -0.39 is 16.0 Å². The number of carbonyl (C=O) groups excluding carboxylic acids is 1. The summed E-state index contributed by atoms with van der Waals surface area (Å²) >= 11 is 4.86. The molecule has 12 heteroatoms. The summed E-state index contributed by atoms with van der Waals surface area (Å²) in [6.45, 7) is 2.25.